The van der Waals surface area contributed by atoms with E-state index in [1.165, 1.54) is 17.7 Å². The van der Waals surface area contributed by atoms with E-state index in [4.69, 9.17) is 4.52 Å². The Bertz CT molecular complexity index is 822. The van der Waals surface area contributed by atoms with Crippen molar-refractivity contribution >= 4 is 16.6 Å². The van der Waals surface area contributed by atoms with Gasteiger partial charge in [0.05, 0.1) is 11.2 Å². The van der Waals surface area contributed by atoms with Gasteiger partial charge in [0.2, 0.25) is 0 Å². The standard InChI is InChI=1S/C18H20FN3O/c1-11-9-18(16-10-14(19)6-7-17(16)21-11)20-8-4-5-15-12(2)22-23-13(15)3/h6-7,9-10H,4-5,8H2,1-3H3,(H,20,21). The molecule has 0 saturated heterocycles. The Morgan fingerprint density at radius 3 is 2.74 bits per heavy atom. The lowest BCUT2D eigenvalue weighted by atomic mass is 10.1. The van der Waals surface area contributed by atoms with Gasteiger partial charge < -0.3 is 9.84 Å². The summed E-state index contributed by atoms with van der Waals surface area (Å²) in [6.07, 6.45) is 1.85. The molecular weight excluding hydrogens is 293 g/mol. The molecule has 1 aromatic carbocycles. The molecule has 0 spiro atoms. The molecule has 0 saturated carbocycles. The monoisotopic (exact) mass is 313 g/mol. The van der Waals surface area contributed by atoms with Crippen molar-refractivity contribution in [2.45, 2.75) is 33.6 Å². The lowest BCUT2D eigenvalue weighted by Gasteiger charge is -2.11. The normalized spacial score (nSPS) is 11.1. The molecule has 2 heterocycles. The third kappa shape index (κ3) is 3.33. The van der Waals surface area contributed by atoms with Gasteiger partial charge in [-0.15, -0.1) is 0 Å². The number of aryl methyl sites for hydroxylation is 3. The van der Waals surface area contributed by atoms with E-state index in [1.807, 2.05) is 26.8 Å². The summed E-state index contributed by atoms with van der Waals surface area (Å²) in [5.41, 5.74) is 4.77. The number of hydrogen-bond donors (Lipinski definition) is 1. The van der Waals surface area contributed by atoms with E-state index >= 15 is 0 Å². The molecule has 0 aliphatic heterocycles. The Morgan fingerprint density at radius 1 is 1.17 bits per heavy atom. The Morgan fingerprint density at radius 2 is 2.00 bits per heavy atom. The fourth-order valence-corrected chi connectivity index (χ4v) is 2.82. The third-order valence-electron chi connectivity index (χ3n) is 4.00. The van der Waals surface area contributed by atoms with Crippen molar-refractivity contribution in [3.8, 4) is 0 Å². The Kier molecular flexibility index (Phi) is 4.28. The van der Waals surface area contributed by atoms with Gasteiger partial charge in [0.25, 0.3) is 0 Å². The maximum absolute atomic E-state index is 13.5. The SMILES string of the molecule is Cc1cc(NCCCc2c(C)noc2C)c2cc(F)ccc2n1. The van der Waals surface area contributed by atoms with Crippen LogP contribution in [0.25, 0.3) is 10.9 Å². The van der Waals surface area contributed by atoms with Gasteiger partial charge in [-0.3, -0.25) is 4.98 Å². The Balaban J connectivity index is 1.71. The van der Waals surface area contributed by atoms with Gasteiger partial charge in [-0.25, -0.2) is 4.39 Å². The van der Waals surface area contributed by atoms with E-state index in [2.05, 4.69) is 15.5 Å². The van der Waals surface area contributed by atoms with Gasteiger partial charge in [0, 0.05) is 28.9 Å². The van der Waals surface area contributed by atoms with Crippen molar-refractivity contribution in [3.05, 3.63) is 52.8 Å². The van der Waals surface area contributed by atoms with Crippen molar-refractivity contribution in [1.29, 1.82) is 0 Å². The molecule has 3 rings (SSSR count). The first-order valence-electron chi connectivity index (χ1n) is 7.77. The topological polar surface area (TPSA) is 51.0 Å². The van der Waals surface area contributed by atoms with E-state index in [1.54, 1.807) is 6.07 Å². The number of nitrogens with one attached hydrogen (secondary N) is 1. The predicted molar refractivity (Wildman–Crippen MR) is 89.2 cm³/mol. The van der Waals surface area contributed by atoms with E-state index in [-0.39, 0.29) is 5.82 Å². The summed E-state index contributed by atoms with van der Waals surface area (Å²) in [6.45, 7) is 6.63. The van der Waals surface area contributed by atoms with Gasteiger partial charge in [0.1, 0.15) is 11.6 Å². The highest BCUT2D eigenvalue weighted by atomic mass is 19.1. The smallest absolute Gasteiger partial charge is 0.137 e. The van der Waals surface area contributed by atoms with E-state index in [9.17, 15) is 4.39 Å². The minimum atomic E-state index is -0.248. The molecule has 0 bridgehead atoms. The van der Waals surface area contributed by atoms with Crippen LogP contribution in [0.3, 0.4) is 0 Å². The summed E-state index contributed by atoms with van der Waals surface area (Å²) in [6, 6.07) is 6.64. The molecule has 23 heavy (non-hydrogen) atoms. The van der Waals surface area contributed by atoms with Crippen LogP contribution >= 0.6 is 0 Å². The van der Waals surface area contributed by atoms with Gasteiger partial charge in [-0.05, 0) is 57.9 Å². The van der Waals surface area contributed by atoms with Crippen molar-refractivity contribution < 1.29 is 8.91 Å². The number of rotatable bonds is 5. The summed E-state index contributed by atoms with van der Waals surface area (Å²) >= 11 is 0. The largest absolute Gasteiger partial charge is 0.384 e. The van der Waals surface area contributed by atoms with Crippen LogP contribution in [0.2, 0.25) is 0 Å². The lowest BCUT2D eigenvalue weighted by molar-refractivity contribution is 0.392. The number of nitrogens with zero attached hydrogens (tertiary/aromatic N) is 2. The lowest BCUT2D eigenvalue weighted by Crippen LogP contribution is -2.05. The van der Waals surface area contributed by atoms with Gasteiger partial charge in [-0.2, -0.15) is 0 Å². The number of aromatic nitrogens is 2. The molecule has 120 valence electrons. The fraction of sp³-hybridized carbons (Fsp3) is 0.333. The highest BCUT2D eigenvalue weighted by molar-refractivity contribution is 5.91. The van der Waals surface area contributed by atoms with Crippen LogP contribution in [0.5, 0.6) is 0 Å². The average Bonchev–Trinajstić information content (AvgIpc) is 2.83. The zero-order valence-corrected chi connectivity index (χ0v) is 13.6. The highest BCUT2D eigenvalue weighted by Gasteiger charge is 2.09. The first kappa shape index (κ1) is 15.5. The molecule has 1 N–H and O–H groups in total. The maximum Gasteiger partial charge on any atom is 0.137 e. The summed E-state index contributed by atoms with van der Waals surface area (Å²) in [5.74, 6) is 0.636. The molecule has 0 unspecified atom stereocenters. The summed E-state index contributed by atoms with van der Waals surface area (Å²) in [7, 11) is 0. The number of pyridine rings is 1. The molecule has 0 radical (unpaired) electrons. The molecule has 0 aliphatic rings. The quantitative estimate of drug-likeness (QED) is 0.712. The van der Waals surface area contributed by atoms with Crippen molar-refractivity contribution in [2.75, 3.05) is 11.9 Å². The van der Waals surface area contributed by atoms with Crippen molar-refractivity contribution in [1.82, 2.24) is 10.1 Å². The minimum absolute atomic E-state index is 0.248. The van der Waals surface area contributed by atoms with Crippen LogP contribution < -0.4 is 5.32 Å². The van der Waals surface area contributed by atoms with Crippen LogP contribution in [0.15, 0.2) is 28.8 Å². The van der Waals surface area contributed by atoms with Gasteiger partial charge in [-0.1, -0.05) is 5.16 Å². The van der Waals surface area contributed by atoms with Crippen LogP contribution in [0, 0.1) is 26.6 Å². The molecule has 3 aromatic rings. The van der Waals surface area contributed by atoms with Gasteiger partial charge in [0.15, 0.2) is 0 Å². The Labute approximate surface area is 134 Å². The summed E-state index contributed by atoms with van der Waals surface area (Å²) in [5, 5.41) is 8.18. The molecule has 0 aliphatic carbocycles. The van der Waals surface area contributed by atoms with Crippen LogP contribution in [0.4, 0.5) is 10.1 Å². The highest BCUT2D eigenvalue weighted by Crippen LogP contribution is 2.24. The first-order chi connectivity index (χ1) is 11.0. The summed E-state index contributed by atoms with van der Waals surface area (Å²) < 4.78 is 18.7. The minimum Gasteiger partial charge on any atom is -0.384 e. The number of fused-ring (bicyclic) bond motifs is 1. The van der Waals surface area contributed by atoms with E-state index < -0.39 is 0 Å². The van der Waals surface area contributed by atoms with E-state index in [0.29, 0.717) is 0 Å². The van der Waals surface area contributed by atoms with Crippen LogP contribution in [0.1, 0.15) is 29.1 Å². The van der Waals surface area contributed by atoms with Crippen LogP contribution in [-0.4, -0.2) is 16.7 Å². The predicted octanol–water partition coefficient (Wildman–Crippen LogP) is 4.33. The second-order valence-corrected chi connectivity index (χ2v) is 5.81. The fourth-order valence-electron chi connectivity index (χ4n) is 2.82. The molecule has 2 aromatic heterocycles. The molecule has 0 atom stereocenters. The third-order valence-corrected chi connectivity index (χ3v) is 4.00. The maximum atomic E-state index is 13.5. The average molecular weight is 313 g/mol. The second kappa shape index (κ2) is 6.36. The number of benzene rings is 1. The molecule has 5 heteroatoms. The number of anilines is 1. The van der Waals surface area contributed by atoms with Crippen molar-refractivity contribution in [2.24, 2.45) is 0 Å². The zero-order valence-electron chi connectivity index (χ0n) is 13.6. The zero-order chi connectivity index (χ0) is 16.4. The second-order valence-electron chi connectivity index (χ2n) is 5.81. The molecular formula is C18H20FN3O. The Hall–Kier alpha value is -2.43. The number of halogens is 1. The van der Waals surface area contributed by atoms with E-state index in [0.717, 1.165) is 53.1 Å². The molecule has 4 nitrogen and oxygen atoms in total. The molecule has 0 fully saturated rings. The molecule has 0 amide bonds. The first-order valence-corrected chi connectivity index (χ1v) is 7.77. The van der Waals surface area contributed by atoms with Gasteiger partial charge >= 0.3 is 0 Å². The van der Waals surface area contributed by atoms with Crippen molar-refractivity contribution in [3.63, 3.8) is 0 Å². The number of hydrogen-bond acceptors (Lipinski definition) is 4. The summed E-state index contributed by atoms with van der Waals surface area (Å²) in [4.78, 5) is 4.44. The van der Waals surface area contributed by atoms with Crippen LogP contribution in [-0.2, 0) is 6.42 Å².